The van der Waals surface area contributed by atoms with E-state index in [-0.39, 0.29) is 40.2 Å². The van der Waals surface area contributed by atoms with Crippen molar-refractivity contribution in [3.05, 3.63) is 23.0 Å². The minimum absolute atomic E-state index is 0.000855. The highest BCUT2D eigenvalue weighted by molar-refractivity contribution is 7.84. The van der Waals surface area contributed by atoms with E-state index in [1.54, 1.807) is 0 Å². The third-order valence-electron chi connectivity index (χ3n) is 6.15. The van der Waals surface area contributed by atoms with Crippen LogP contribution in [0.15, 0.2) is 16.7 Å². The number of oxime groups is 1. The second kappa shape index (κ2) is 10.3. The summed E-state index contributed by atoms with van der Waals surface area (Å²) in [4.78, 5) is 47.6. The van der Waals surface area contributed by atoms with Crippen LogP contribution in [-0.2, 0) is 36.1 Å². The number of hydrogen-bond acceptors (Lipinski definition) is 14. The van der Waals surface area contributed by atoms with E-state index in [4.69, 9.17) is 22.0 Å². The van der Waals surface area contributed by atoms with Gasteiger partial charge in [-0.3, -0.25) is 14.1 Å². The smallest absolute Gasteiger partial charge is 0.362 e. The van der Waals surface area contributed by atoms with Crippen LogP contribution in [0.25, 0.3) is 0 Å². The summed E-state index contributed by atoms with van der Waals surface area (Å²) >= 11 is 0.995. The van der Waals surface area contributed by atoms with Crippen molar-refractivity contribution in [2.24, 2.45) is 22.5 Å². The van der Waals surface area contributed by atoms with Crippen LogP contribution >= 0.6 is 11.3 Å². The van der Waals surface area contributed by atoms with Gasteiger partial charge in [0.2, 0.25) is 11.5 Å². The highest BCUT2D eigenvalue weighted by atomic mass is 32.2. The highest BCUT2D eigenvalue weighted by Crippen LogP contribution is 2.40. The number of aromatic nitrogens is 4. The van der Waals surface area contributed by atoms with Crippen LogP contribution in [-0.4, -0.2) is 83.9 Å². The van der Waals surface area contributed by atoms with Crippen molar-refractivity contribution in [3.8, 4) is 0 Å². The Balaban J connectivity index is 1.57. The van der Waals surface area contributed by atoms with Gasteiger partial charge in [-0.2, -0.15) is 23.4 Å². The lowest BCUT2D eigenvalue weighted by molar-refractivity contribution is -0.153. The van der Waals surface area contributed by atoms with Crippen molar-refractivity contribution in [1.82, 2.24) is 24.3 Å². The van der Waals surface area contributed by atoms with Gasteiger partial charge in [-0.25, -0.2) is 14.1 Å². The van der Waals surface area contributed by atoms with Gasteiger partial charge in [-0.05, 0) is 13.0 Å². The molecule has 2 aromatic rings. The molecule has 0 bridgehead atoms. The van der Waals surface area contributed by atoms with E-state index in [0.717, 1.165) is 16.1 Å². The number of carbonyl (C=O) groups excluding carboxylic acids is 2. The van der Waals surface area contributed by atoms with Gasteiger partial charge >= 0.3 is 16.3 Å². The number of hydrogen-bond donors (Lipinski definition) is 5. The first-order chi connectivity index (χ1) is 17.9. The molecule has 38 heavy (non-hydrogen) atoms. The Bertz CT molecular complexity index is 1380. The third-order valence-corrected chi connectivity index (χ3v) is 7.77. The maximum atomic E-state index is 13.2. The SMILES string of the molecule is NCC[C@@H](N)c1cnn(C[C@@H]2[C@H](CC(=O)/C(=N\OC3(C(=O)O)CC3)c3csc(N)n3)C(=O)N2S(=O)(=O)O)n1. The highest BCUT2D eigenvalue weighted by Gasteiger charge is 2.56. The monoisotopic (exact) mass is 571 g/mol. The Kier molecular flexibility index (Phi) is 7.48. The number of nitrogens with zero attached hydrogens (tertiary/aromatic N) is 6. The molecule has 2 aliphatic rings. The third kappa shape index (κ3) is 5.50. The zero-order valence-electron chi connectivity index (χ0n) is 19.7. The van der Waals surface area contributed by atoms with Crippen LogP contribution in [0.1, 0.15) is 43.1 Å². The maximum absolute atomic E-state index is 13.2. The first-order valence-electron chi connectivity index (χ1n) is 11.3. The second-order valence-corrected chi connectivity index (χ2v) is 11.0. The summed E-state index contributed by atoms with van der Waals surface area (Å²) in [5, 5.41) is 22.8. The molecule has 3 atom stereocenters. The Morgan fingerprint density at radius 2 is 2.08 bits per heavy atom. The first-order valence-corrected chi connectivity index (χ1v) is 13.5. The number of amides is 1. The standard InChI is InChI=1S/C19H25N9O8S2/c20-4-1-10(21)11-6-23-27(25-11)7-13-9(16(30)28(13)38(33,34)35)5-14(29)15(12-8-37-18(22)24-12)26-36-19(2-3-19)17(31)32/h6,8-10,13H,1-5,7,20-21H2,(H2,22,24)(H,31,32)(H,33,34,35)/b26-15-/t9-,10+,13+/m0/s1. The number of nitrogens with two attached hydrogens (primary N) is 3. The normalized spacial score (nSPS) is 21.6. The number of rotatable bonds is 13. The number of nitrogen functional groups attached to an aromatic ring is 1. The van der Waals surface area contributed by atoms with Gasteiger partial charge in [0.05, 0.1) is 36.4 Å². The summed E-state index contributed by atoms with van der Waals surface area (Å²) in [6, 6.07) is -1.74. The molecule has 4 rings (SSSR count). The van der Waals surface area contributed by atoms with Gasteiger partial charge in [0, 0.05) is 24.6 Å². The van der Waals surface area contributed by atoms with Crippen molar-refractivity contribution in [3.63, 3.8) is 0 Å². The van der Waals surface area contributed by atoms with Crippen LogP contribution in [0.4, 0.5) is 5.13 Å². The van der Waals surface area contributed by atoms with E-state index < -0.39 is 58.0 Å². The number of thiazole rings is 1. The molecule has 1 saturated heterocycles. The van der Waals surface area contributed by atoms with Crippen molar-refractivity contribution in [1.29, 1.82) is 0 Å². The number of carboxylic acids is 1. The van der Waals surface area contributed by atoms with Crippen LogP contribution < -0.4 is 17.2 Å². The van der Waals surface area contributed by atoms with Gasteiger partial charge in [0.25, 0.3) is 0 Å². The Morgan fingerprint density at radius 1 is 1.37 bits per heavy atom. The minimum Gasteiger partial charge on any atom is -0.478 e. The summed E-state index contributed by atoms with van der Waals surface area (Å²) in [6.45, 7) is 0.0191. The topological polar surface area (TPSA) is 272 Å². The molecule has 19 heteroatoms. The van der Waals surface area contributed by atoms with Gasteiger partial charge in [-0.1, -0.05) is 5.16 Å². The Labute approximate surface area is 219 Å². The number of β-lactam (4-membered cyclic amide) rings is 1. The average molecular weight is 572 g/mol. The zero-order chi connectivity index (χ0) is 27.8. The molecule has 8 N–H and O–H groups in total. The Hall–Kier alpha value is -3.52. The van der Waals surface area contributed by atoms with E-state index >= 15 is 0 Å². The van der Waals surface area contributed by atoms with Gasteiger partial charge in [0.1, 0.15) is 5.69 Å². The molecule has 206 valence electrons. The number of carboxylic acid groups (broad SMARTS) is 1. The predicted octanol–water partition coefficient (Wildman–Crippen LogP) is -1.71. The number of carbonyl (C=O) groups is 3. The fourth-order valence-electron chi connectivity index (χ4n) is 3.87. The quantitative estimate of drug-likeness (QED) is 0.0775. The van der Waals surface area contributed by atoms with E-state index in [1.807, 2.05) is 0 Å². The number of Topliss-reactive ketones (excluding diaryl/α,β-unsaturated/α-hetero) is 1. The molecule has 1 aliphatic heterocycles. The van der Waals surface area contributed by atoms with Crippen molar-refractivity contribution in [2.75, 3.05) is 12.3 Å². The fraction of sp³-hybridized carbons (Fsp3) is 0.526. The number of aliphatic carboxylic acids is 1. The minimum atomic E-state index is -4.96. The zero-order valence-corrected chi connectivity index (χ0v) is 21.3. The van der Waals surface area contributed by atoms with Crippen molar-refractivity contribution >= 4 is 50.1 Å². The van der Waals surface area contributed by atoms with Crippen LogP contribution in [0.5, 0.6) is 0 Å². The molecular formula is C19H25N9O8S2. The first kappa shape index (κ1) is 27.5. The van der Waals surface area contributed by atoms with E-state index in [2.05, 4.69) is 20.3 Å². The van der Waals surface area contributed by atoms with Gasteiger partial charge in [-0.15, -0.1) is 11.3 Å². The van der Waals surface area contributed by atoms with Crippen LogP contribution in [0.2, 0.25) is 0 Å². The van der Waals surface area contributed by atoms with Crippen LogP contribution in [0, 0.1) is 5.92 Å². The lowest BCUT2D eigenvalue weighted by Gasteiger charge is -2.43. The molecule has 0 aromatic carbocycles. The van der Waals surface area contributed by atoms with E-state index in [9.17, 15) is 32.5 Å². The van der Waals surface area contributed by atoms with Crippen molar-refractivity contribution in [2.45, 2.75) is 49.9 Å². The largest absolute Gasteiger partial charge is 0.478 e. The molecule has 0 unspecified atom stereocenters. The van der Waals surface area contributed by atoms with Crippen molar-refractivity contribution < 1.29 is 37.3 Å². The van der Waals surface area contributed by atoms with Gasteiger partial charge in [0.15, 0.2) is 16.6 Å². The lowest BCUT2D eigenvalue weighted by Crippen LogP contribution is -2.64. The molecule has 1 aliphatic carbocycles. The molecule has 1 saturated carbocycles. The molecular weight excluding hydrogens is 546 g/mol. The Morgan fingerprint density at radius 3 is 2.63 bits per heavy atom. The summed E-state index contributed by atoms with van der Waals surface area (Å²) < 4.78 is 33.6. The second-order valence-electron chi connectivity index (χ2n) is 8.82. The predicted molar refractivity (Wildman–Crippen MR) is 130 cm³/mol. The molecule has 1 amide bonds. The van der Waals surface area contributed by atoms with E-state index in [1.165, 1.54) is 11.6 Å². The molecule has 0 radical (unpaired) electrons. The molecule has 2 fully saturated rings. The van der Waals surface area contributed by atoms with E-state index in [0.29, 0.717) is 18.7 Å². The summed E-state index contributed by atoms with van der Waals surface area (Å²) in [5.74, 6) is -4.28. The average Bonchev–Trinajstić information content (AvgIpc) is 3.27. The maximum Gasteiger partial charge on any atom is 0.362 e. The summed E-state index contributed by atoms with van der Waals surface area (Å²) in [5.41, 5.74) is 15.6. The fourth-order valence-corrected chi connectivity index (χ4v) is 5.34. The number of anilines is 1. The molecule has 3 heterocycles. The number of ketones is 1. The molecule has 2 aromatic heterocycles. The molecule has 17 nitrogen and oxygen atoms in total. The molecule has 0 spiro atoms. The van der Waals surface area contributed by atoms with Gasteiger partial charge < -0.3 is 27.1 Å². The summed E-state index contributed by atoms with van der Waals surface area (Å²) in [7, 11) is -4.96. The summed E-state index contributed by atoms with van der Waals surface area (Å²) in [6.07, 6.45) is 1.60. The lowest BCUT2D eigenvalue weighted by atomic mass is 9.84. The van der Waals surface area contributed by atoms with Crippen LogP contribution in [0.3, 0.4) is 0 Å².